The number of nitrogens with one attached hydrogen (secondary N) is 4. The van der Waals surface area contributed by atoms with Gasteiger partial charge >= 0.3 is 0 Å². The molecule has 0 unspecified atom stereocenters. The SMILES string of the molecule is CC(C)(C)c1cc2cc[nH]c2cc1NC(=O)c1c[nH]c2ccc(S(=O)(=O)NCc3ccc(F)cc3)cc2c1=O. The van der Waals surface area contributed by atoms with E-state index in [9.17, 15) is 22.4 Å². The summed E-state index contributed by atoms with van der Waals surface area (Å²) in [6, 6.07) is 15.3. The summed E-state index contributed by atoms with van der Waals surface area (Å²) in [5, 5.41) is 3.93. The second-order valence-corrected chi connectivity index (χ2v) is 12.1. The number of amides is 1. The number of hydrogen-bond donors (Lipinski definition) is 4. The summed E-state index contributed by atoms with van der Waals surface area (Å²) in [7, 11) is -4.00. The Hall–Kier alpha value is -4.28. The molecule has 10 heteroatoms. The standard InChI is InChI=1S/C29H27FN4O4S/c1-29(2,3)23-12-18-10-11-31-25(18)14-26(23)34-28(36)22-16-32-24-9-8-20(13-21(24)27(22)35)39(37,38)33-15-17-4-6-19(30)7-5-17/h4-14,16,31,33H,15H2,1-3H3,(H,32,35)(H,34,36). The Morgan fingerprint density at radius 2 is 1.69 bits per heavy atom. The zero-order valence-corrected chi connectivity index (χ0v) is 22.4. The lowest BCUT2D eigenvalue weighted by Crippen LogP contribution is -2.25. The zero-order valence-electron chi connectivity index (χ0n) is 21.6. The van der Waals surface area contributed by atoms with Crippen LogP contribution < -0.4 is 15.5 Å². The molecule has 8 nitrogen and oxygen atoms in total. The van der Waals surface area contributed by atoms with Crippen molar-refractivity contribution < 1.29 is 17.6 Å². The number of hydrogen-bond acceptors (Lipinski definition) is 4. The van der Waals surface area contributed by atoms with Crippen LogP contribution in [0.5, 0.6) is 0 Å². The van der Waals surface area contributed by atoms with Crippen molar-refractivity contribution in [2.45, 2.75) is 37.6 Å². The van der Waals surface area contributed by atoms with Crippen LogP contribution in [0.15, 0.2) is 82.7 Å². The molecule has 0 saturated heterocycles. The summed E-state index contributed by atoms with van der Waals surface area (Å²) >= 11 is 0. The smallest absolute Gasteiger partial charge is 0.261 e. The average molecular weight is 547 g/mol. The van der Waals surface area contributed by atoms with Gasteiger partial charge in [0.15, 0.2) is 0 Å². The fraction of sp³-hybridized carbons (Fsp3) is 0.172. The van der Waals surface area contributed by atoms with Crippen LogP contribution >= 0.6 is 0 Å². The minimum absolute atomic E-state index is 0.0548. The van der Waals surface area contributed by atoms with Crippen LogP contribution in [-0.2, 0) is 22.0 Å². The maximum atomic E-state index is 13.4. The summed E-state index contributed by atoms with van der Waals surface area (Å²) in [4.78, 5) is 32.6. The van der Waals surface area contributed by atoms with Crippen LogP contribution in [0.1, 0.15) is 42.3 Å². The highest BCUT2D eigenvalue weighted by atomic mass is 32.2. The van der Waals surface area contributed by atoms with Crippen molar-refractivity contribution in [2.75, 3.05) is 5.32 Å². The molecule has 4 N–H and O–H groups in total. The highest BCUT2D eigenvalue weighted by molar-refractivity contribution is 7.89. The zero-order chi connectivity index (χ0) is 27.9. The normalized spacial score (nSPS) is 12.2. The Bertz CT molecular complexity index is 1890. The fourth-order valence-corrected chi connectivity index (χ4v) is 5.46. The number of halogens is 1. The van der Waals surface area contributed by atoms with Gasteiger partial charge in [-0.3, -0.25) is 9.59 Å². The van der Waals surface area contributed by atoms with Gasteiger partial charge in [0.05, 0.1) is 4.90 Å². The first-order chi connectivity index (χ1) is 18.4. The number of aromatic amines is 2. The van der Waals surface area contributed by atoms with E-state index in [2.05, 4.69) is 20.0 Å². The third-order valence-electron chi connectivity index (χ3n) is 6.53. The molecule has 5 aromatic rings. The molecule has 2 heterocycles. The molecule has 0 spiro atoms. The molecular weight excluding hydrogens is 519 g/mol. The van der Waals surface area contributed by atoms with Gasteiger partial charge in [-0.15, -0.1) is 0 Å². The van der Waals surface area contributed by atoms with Crippen molar-refractivity contribution in [2.24, 2.45) is 0 Å². The number of fused-ring (bicyclic) bond motifs is 2. The molecule has 0 atom stereocenters. The highest BCUT2D eigenvalue weighted by Gasteiger charge is 2.23. The van der Waals surface area contributed by atoms with E-state index in [1.54, 1.807) is 0 Å². The predicted octanol–water partition coefficient (Wildman–Crippen LogP) is 5.18. The van der Waals surface area contributed by atoms with Gasteiger partial charge in [-0.25, -0.2) is 17.5 Å². The number of carbonyl (C=O) groups is 1. The monoisotopic (exact) mass is 546 g/mol. The van der Waals surface area contributed by atoms with Crippen LogP contribution in [0.3, 0.4) is 0 Å². The van der Waals surface area contributed by atoms with Gasteiger partial charge in [0.1, 0.15) is 11.4 Å². The van der Waals surface area contributed by atoms with Gasteiger partial charge in [-0.2, -0.15) is 0 Å². The quantitative estimate of drug-likeness (QED) is 0.234. The largest absolute Gasteiger partial charge is 0.361 e. The van der Waals surface area contributed by atoms with Crippen molar-refractivity contribution in [3.8, 4) is 0 Å². The Balaban J connectivity index is 1.46. The first-order valence-corrected chi connectivity index (χ1v) is 13.7. The van der Waals surface area contributed by atoms with E-state index < -0.39 is 27.2 Å². The molecule has 0 fully saturated rings. The number of H-pyrrole nitrogens is 2. The van der Waals surface area contributed by atoms with Crippen molar-refractivity contribution in [3.63, 3.8) is 0 Å². The van der Waals surface area contributed by atoms with Crippen LogP contribution in [0.2, 0.25) is 0 Å². The summed E-state index contributed by atoms with van der Waals surface area (Å²) in [6.07, 6.45) is 3.14. The Labute approximate surface area is 224 Å². The summed E-state index contributed by atoms with van der Waals surface area (Å²) < 4.78 is 41.4. The minimum Gasteiger partial charge on any atom is -0.361 e. The number of sulfonamides is 1. The Morgan fingerprint density at radius 1 is 0.949 bits per heavy atom. The fourth-order valence-electron chi connectivity index (χ4n) is 4.41. The van der Waals surface area contributed by atoms with Gasteiger partial charge < -0.3 is 15.3 Å². The summed E-state index contributed by atoms with van der Waals surface area (Å²) in [5.41, 5.74) is 2.24. The molecule has 1 amide bonds. The summed E-state index contributed by atoms with van der Waals surface area (Å²) in [6.45, 7) is 6.04. The van der Waals surface area contributed by atoms with Gasteiger partial charge in [-0.05, 0) is 70.5 Å². The number of anilines is 1. The highest BCUT2D eigenvalue weighted by Crippen LogP contribution is 2.33. The molecule has 0 saturated carbocycles. The van der Waals surface area contributed by atoms with Crippen LogP contribution in [-0.4, -0.2) is 24.3 Å². The maximum absolute atomic E-state index is 13.4. The lowest BCUT2D eigenvalue weighted by atomic mass is 9.85. The number of carbonyl (C=O) groups excluding carboxylic acids is 1. The Kier molecular flexibility index (Phi) is 6.61. The molecule has 5 rings (SSSR count). The number of pyridine rings is 1. The van der Waals surface area contributed by atoms with Crippen molar-refractivity contribution in [1.82, 2.24) is 14.7 Å². The van der Waals surface area contributed by atoms with E-state index in [1.165, 1.54) is 48.7 Å². The molecule has 0 aliphatic carbocycles. The van der Waals surface area contributed by atoms with E-state index >= 15 is 0 Å². The van der Waals surface area contributed by atoms with Gasteiger partial charge in [0.2, 0.25) is 15.5 Å². The maximum Gasteiger partial charge on any atom is 0.261 e. The molecule has 39 heavy (non-hydrogen) atoms. The van der Waals surface area contributed by atoms with Crippen LogP contribution in [0.25, 0.3) is 21.8 Å². The number of rotatable bonds is 6. The van der Waals surface area contributed by atoms with Crippen LogP contribution in [0.4, 0.5) is 10.1 Å². The predicted molar refractivity (Wildman–Crippen MR) is 150 cm³/mol. The van der Waals surface area contributed by atoms with E-state index in [0.29, 0.717) is 16.8 Å². The first-order valence-electron chi connectivity index (χ1n) is 12.2. The van der Waals surface area contributed by atoms with Crippen molar-refractivity contribution in [3.05, 3.63) is 106 Å². The third-order valence-corrected chi connectivity index (χ3v) is 7.93. The molecule has 2 aromatic heterocycles. The summed E-state index contributed by atoms with van der Waals surface area (Å²) in [5.74, 6) is -1.04. The van der Waals surface area contributed by atoms with E-state index in [-0.39, 0.29) is 27.8 Å². The second kappa shape index (κ2) is 9.79. The van der Waals surface area contributed by atoms with Crippen molar-refractivity contribution in [1.29, 1.82) is 0 Å². The topological polar surface area (TPSA) is 124 Å². The Morgan fingerprint density at radius 3 is 2.41 bits per heavy atom. The van der Waals surface area contributed by atoms with Crippen LogP contribution in [0, 0.1) is 5.82 Å². The molecule has 0 aliphatic heterocycles. The van der Waals surface area contributed by atoms with E-state index in [0.717, 1.165) is 16.5 Å². The molecule has 200 valence electrons. The molecule has 0 bridgehead atoms. The van der Waals surface area contributed by atoms with Gasteiger partial charge in [0, 0.05) is 41.0 Å². The second-order valence-electron chi connectivity index (χ2n) is 10.4. The molecular formula is C29H27FN4O4S. The van der Waals surface area contributed by atoms with E-state index in [4.69, 9.17) is 0 Å². The molecule has 0 aliphatic rings. The average Bonchev–Trinajstić information content (AvgIpc) is 3.35. The van der Waals surface area contributed by atoms with E-state index in [1.807, 2.05) is 45.2 Å². The van der Waals surface area contributed by atoms with Gasteiger partial charge in [0.25, 0.3) is 5.91 Å². The van der Waals surface area contributed by atoms with Crippen molar-refractivity contribution >= 4 is 43.4 Å². The number of benzene rings is 3. The first kappa shape index (κ1) is 26.3. The molecule has 0 radical (unpaired) electrons. The lowest BCUT2D eigenvalue weighted by Gasteiger charge is -2.23. The third kappa shape index (κ3) is 5.34. The minimum atomic E-state index is -4.00. The van der Waals surface area contributed by atoms with Gasteiger partial charge in [-0.1, -0.05) is 32.9 Å². The number of aromatic nitrogens is 2. The lowest BCUT2D eigenvalue weighted by molar-refractivity contribution is 0.102. The molecule has 3 aromatic carbocycles.